The number of amides is 1. The first-order chi connectivity index (χ1) is 16.8. The number of pyridine rings is 1. The van der Waals surface area contributed by atoms with E-state index in [1.54, 1.807) is 12.4 Å². The molecule has 4 aliphatic carbocycles. The molecule has 0 saturated heterocycles. The van der Waals surface area contributed by atoms with E-state index in [0.717, 1.165) is 62.6 Å². The highest BCUT2D eigenvalue weighted by atomic mass is 16.6. The van der Waals surface area contributed by atoms with Gasteiger partial charge in [-0.05, 0) is 92.2 Å². The fraction of sp³-hybridized carbons (Fsp3) is 0.621. The molecule has 1 aromatic rings. The van der Waals surface area contributed by atoms with Gasteiger partial charge in [0.05, 0.1) is 5.71 Å². The molecule has 3 unspecified atom stereocenters. The van der Waals surface area contributed by atoms with Gasteiger partial charge in [-0.25, -0.2) is 0 Å². The Morgan fingerprint density at radius 3 is 2.86 bits per heavy atom. The minimum absolute atomic E-state index is 0.0900. The number of carbonyl (C=O) groups is 1. The molecule has 1 aromatic heterocycles. The summed E-state index contributed by atoms with van der Waals surface area (Å²) in [5.41, 5.74) is 2.41. The molecule has 1 heterocycles. The van der Waals surface area contributed by atoms with Crippen LogP contribution >= 0.6 is 0 Å². The number of aromatic nitrogens is 1. The third-order valence-corrected chi connectivity index (χ3v) is 9.96. The summed E-state index contributed by atoms with van der Waals surface area (Å²) in [6, 6.07) is 3.77. The van der Waals surface area contributed by atoms with Gasteiger partial charge in [-0.2, -0.15) is 0 Å². The maximum absolute atomic E-state index is 12.1. The van der Waals surface area contributed by atoms with Crippen LogP contribution in [0.25, 0.3) is 0 Å². The van der Waals surface area contributed by atoms with Crippen LogP contribution in [0.1, 0.15) is 70.8 Å². The minimum atomic E-state index is -0.951. The normalized spacial score (nSPS) is 39.0. The van der Waals surface area contributed by atoms with Crippen LogP contribution < -0.4 is 5.32 Å². The number of rotatable bonds is 5. The minimum Gasteiger partial charge on any atom is -0.385 e. The fourth-order valence-corrected chi connectivity index (χ4v) is 7.82. The van der Waals surface area contributed by atoms with Crippen molar-refractivity contribution >= 4 is 11.6 Å². The van der Waals surface area contributed by atoms with Crippen molar-refractivity contribution in [2.24, 2.45) is 33.7 Å². The lowest BCUT2D eigenvalue weighted by Gasteiger charge is -2.58. The average molecular weight is 476 g/mol. The third kappa shape index (κ3) is 4.08. The van der Waals surface area contributed by atoms with Gasteiger partial charge in [-0.3, -0.25) is 9.78 Å². The fourth-order valence-electron chi connectivity index (χ4n) is 7.82. The number of allylic oxidation sites excluding steroid dienone is 2. The maximum atomic E-state index is 12.1. The molecule has 6 heteroatoms. The Bertz CT molecular complexity index is 1080. The Hall–Kier alpha value is -2.65. The molecular weight excluding hydrogens is 438 g/mol. The largest absolute Gasteiger partial charge is 0.385 e. The first-order valence-corrected chi connectivity index (χ1v) is 13.0. The van der Waals surface area contributed by atoms with Gasteiger partial charge in [0, 0.05) is 24.4 Å². The summed E-state index contributed by atoms with van der Waals surface area (Å²) in [5, 5.41) is 18.3. The molecule has 0 aromatic carbocycles. The van der Waals surface area contributed by atoms with E-state index in [1.807, 2.05) is 12.1 Å². The van der Waals surface area contributed by atoms with Crippen LogP contribution in [0.15, 0.2) is 41.3 Å². The van der Waals surface area contributed by atoms with E-state index in [0.29, 0.717) is 24.3 Å². The van der Waals surface area contributed by atoms with Gasteiger partial charge < -0.3 is 15.3 Å². The number of aliphatic hydroxyl groups is 1. The van der Waals surface area contributed by atoms with E-state index in [-0.39, 0.29) is 23.3 Å². The van der Waals surface area contributed by atoms with Crippen molar-refractivity contribution in [1.29, 1.82) is 0 Å². The zero-order valence-corrected chi connectivity index (χ0v) is 20.9. The average Bonchev–Trinajstić information content (AvgIpc) is 3.14. The number of nitrogens with one attached hydrogen (secondary N) is 1. The first-order valence-electron chi connectivity index (χ1n) is 13.0. The van der Waals surface area contributed by atoms with E-state index in [9.17, 15) is 9.90 Å². The number of hydrogen-bond acceptors (Lipinski definition) is 5. The van der Waals surface area contributed by atoms with Gasteiger partial charge >= 0.3 is 0 Å². The summed E-state index contributed by atoms with van der Waals surface area (Å²) in [7, 11) is 0. The number of carbonyl (C=O) groups excluding carboxylic acids is 1. The molecule has 0 aliphatic heterocycles. The second kappa shape index (κ2) is 9.09. The third-order valence-electron chi connectivity index (χ3n) is 9.96. The highest BCUT2D eigenvalue weighted by Gasteiger charge is 2.63. The molecule has 0 bridgehead atoms. The van der Waals surface area contributed by atoms with Crippen molar-refractivity contribution in [1.82, 2.24) is 10.3 Å². The molecule has 1 amide bonds. The second-order valence-electron chi connectivity index (χ2n) is 11.5. The molecule has 3 saturated carbocycles. The number of fused-ring (bicyclic) bond motifs is 5. The predicted molar refractivity (Wildman–Crippen MR) is 135 cm³/mol. The number of hydrogen-bond donors (Lipinski definition) is 2. The molecule has 35 heavy (non-hydrogen) atoms. The van der Waals surface area contributed by atoms with Gasteiger partial charge in [0.25, 0.3) is 5.91 Å². The Kier molecular flexibility index (Phi) is 6.25. The van der Waals surface area contributed by atoms with Crippen molar-refractivity contribution in [2.75, 3.05) is 6.61 Å². The van der Waals surface area contributed by atoms with Crippen LogP contribution in [0.3, 0.4) is 0 Å². The predicted octanol–water partition coefficient (Wildman–Crippen LogP) is 4.40. The highest BCUT2D eigenvalue weighted by molar-refractivity contribution is 5.96. The van der Waals surface area contributed by atoms with Crippen LogP contribution in [0.2, 0.25) is 0 Å². The van der Waals surface area contributed by atoms with Crippen LogP contribution in [0, 0.1) is 40.9 Å². The van der Waals surface area contributed by atoms with Crippen molar-refractivity contribution in [3.8, 4) is 12.3 Å². The van der Waals surface area contributed by atoms with Gasteiger partial charge in [-0.15, -0.1) is 6.42 Å². The molecule has 186 valence electrons. The second-order valence-corrected chi connectivity index (χ2v) is 11.5. The topological polar surface area (TPSA) is 83.8 Å². The molecular formula is C29H37N3O3. The first kappa shape index (κ1) is 24.1. The Labute approximate surface area is 208 Å². The summed E-state index contributed by atoms with van der Waals surface area (Å²) in [6.07, 6.45) is 19.5. The molecule has 4 aliphatic rings. The van der Waals surface area contributed by atoms with Gasteiger partial charge in [0.1, 0.15) is 5.60 Å². The van der Waals surface area contributed by atoms with Gasteiger partial charge in [-0.1, -0.05) is 36.6 Å². The van der Waals surface area contributed by atoms with Crippen molar-refractivity contribution < 1.29 is 14.7 Å². The van der Waals surface area contributed by atoms with Crippen molar-refractivity contribution in [3.05, 3.63) is 41.7 Å². The Morgan fingerprint density at radius 1 is 1.26 bits per heavy atom. The monoisotopic (exact) mass is 475 g/mol. The molecule has 0 radical (unpaired) electrons. The van der Waals surface area contributed by atoms with Crippen LogP contribution in [0.4, 0.5) is 0 Å². The number of nitrogens with zero attached hydrogens (tertiary/aromatic N) is 2. The smallest absolute Gasteiger partial charge is 0.261 e. The molecule has 6 atom stereocenters. The zero-order chi connectivity index (χ0) is 24.7. The van der Waals surface area contributed by atoms with E-state index >= 15 is 0 Å². The number of oxime groups is 1. The molecule has 0 spiro atoms. The van der Waals surface area contributed by atoms with Crippen molar-refractivity contribution in [2.45, 2.75) is 77.4 Å². The van der Waals surface area contributed by atoms with E-state index < -0.39 is 5.60 Å². The summed E-state index contributed by atoms with van der Waals surface area (Å²) in [6.45, 7) is 5.01. The highest BCUT2D eigenvalue weighted by Crippen LogP contribution is 2.67. The van der Waals surface area contributed by atoms with E-state index in [1.165, 1.54) is 5.57 Å². The number of terminal acetylenes is 1. The molecule has 3 fully saturated rings. The molecule has 6 nitrogen and oxygen atoms in total. The van der Waals surface area contributed by atoms with Crippen LogP contribution in [0.5, 0.6) is 0 Å². The lowest BCUT2D eigenvalue weighted by molar-refractivity contribution is -0.125. The summed E-state index contributed by atoms with van der Waals surface area (Å²) in [4.78, 5) is 21.6. The van der Waals surface area contributed by atoms with Gasteiger partial charge in [0.2, 0.25) is 0 Å². The summed E-state index contributed by atoms with van der Waals surface area (Å²) < 4.78 is 0. The molecule has 2 N–H and O–H groups in total. The maximum Gasteiger partial charge on any atom is 0.261 e. The van der Waals surface area contributed by atoms with Crippen molar-refractivity contribution in [3.63, 3.8) is 0 Å². The van der Waals surface area contributed by atoms with Crippen LogP contribution in [-0.4, -0.2) is 33.9 Å². The standard InChI is InChI=1S/C29H37N3O3/c1-4-29(34)14-11-25-23-8-7-21-16-22(9-12-27(21,2)24(23)10-13-28(25,29)3)32-35-19-26(33)31-18-20-6-5-15-30-17-20/h1,5-6,15-17,23-25,34H,7-14,18-19H2,2-3H3,(H,31,33)/b32-22+/t23?,24?,25?,27-,28-,29+/m0/s1. The lowest BCUT2D eigenvalue weighted by atomic mass is 9.46. The van der Waals surface area contributed by atoms with Crippen LogP contribution in [-0.2, 0) is 16.2 Å². The van der Waals surface area contributed by atoms with E-state index in [2.05, 4.69) is 41.3 Å². The SMILES string of the molecule is C#C[C@@]1(O)CCC2C3CCC4=C/C(=N/OCC(=O)NCc5cccnc5)CC[C@]4(C)C3CC[C@@]21C. The Morgan fingerprint density at radius 2 is 2.09 bits per heavy atom. The quantitative estimate of drug-likeness (QED) is 0.488. The summed E-state index contributed by atoms with van der Waals surface area (Å²) >= 11 is 0. The van der Waals surface area contributed by atoms with E-state index in [4.69, 9.17) is 11.3 Å². The molecule has 5 rings (SSSR count). The summed E-state index contributed by atoms with van der Waals surface area (Å²) in [5.74, 6) is 4.33. The lowest BCUT2D eigenvalue weighted by Crippen LogP contribution is -2.54. The zero-order valence-electron chi connectivity index (χ0n) is 20.9. The Balaban J connectivity index is 1.21. The van der Waals surface area contributed by atoms with Gasteiger partial charge in [0.15, 0.2) is 6.61 Å².